The first kappa shape index (κ1) is 61.6. The number of carbonyl (C=O) groups is 1. The van der Waals surface area contributed by atoms with Crippen LogP contribution in [0, 0.1) is 0 Å². The number of hydrogen-bond donors (Lipinski definition) is 1. The van der Waals surface area contributed by atoms with E-state index in [0.717, 1.165) is 122 Å². The van der Waals surface area contributed by atoms with Gasteiger partial charge >= 0.3 is 13.8 Å². The quantitative estimate of drug-likeness (QED) is 0.0214. The normalized spacial score (nSPS) is 14.7. The zero-order chi connectivity index (χ0) is 47.6. The maximum Gasteiger partial charge on any atom is 0.472 e. The summed E-state index contributed by atoms with van der Waals surface area (Å²) in [5.74, 6) is -0.350. The minimum absolute atomic E-state index is 0.0680. The van der Waals surface area contributed by atoms with E-state index < -0.39 is 13.9 Å². The van der Waals surface area contributed by atoms with Crippen molar-refractivity contribution >= 4 is 13.8 Å². The van der Waals surface area contributed by atoms with Crippen molar-refractivity contribution in [2.24, 2.45) is 0 Å². The molecule has 0 amide bonds. The second-order valence-corrected chi connectivity index (χ2v) is 18.5. The Morgan fingerprint density at radius 1 is 0.477 bits per heavy atom. The van der Waals surface area contributed by atoms with Crippen LogP contribution in [0.5, 0.6) is 0 Å². The van der Waals surface area contributed by atoms with E-state index in [-0.39, 0.29) is 25.8 Å². The molecule has 0 heterocycles. The highest BCUT2D eigenvalue weighted by Gasteiger charge is 2.26. The lowest BCUT2D eigenvalue weighted by atomic mass is 10.1. The zero-order valence-electron chi connectivity index (χ0n) is 41.7. The Bertz CT molecular complexity index is 1490. The maximum absolute atomic E-state index is 12.8. The first-order chi connectivity index (χ1) is 31.6. The molecular formula is C56H93NO7P+. The number of quaternary nitrogens is 1. The van der Waals surface area contributed by atoms with Crippen LogP contribution in [-0.2, 0) is 27.9 Å². The lowest BCUT2D eigenvalue weighted by molar-refractivity contribution is -0.870. The Hall–Kier alpha value is -3.36. The van der Waals surface area contributed by atoms with Gasteiger partial charge in [0.15, 0.2) is 0 Å². The first-order valence-corrected chi connectivity index (χ1v) is 26.4. The second-order valence-electron chi connectivity index (χ2n) is 17.1. The number of hydrogen-bond acceptors (Lipinski definition) is 6. The number of phosphoric acid groups is 1. The van der Waals surface area contributed by atoms with Gasteiger partial charge in [0.2, 0.25) is 0 Å². The molecule has 0 fully saturated rings. The van der Waals surface area contributed by atoms with Crippen LogP contribution in [0.15, 0.2) is 134 Å². The van der Waals surface area contributed by atoms with E-state index in [1.165, 1.54) is 12.8 Å². The average Bonchev–Trinajstić information content (AvgIpc) is 3.27. The molecular weight excluding hydrogens is 830 g/mol. The maximum atomic E-state index is 12.8. The molecule has 8 nitrogen and oxygen atoms in total. The third-order valence-corrected chi connectivity index (χ3v) is 10.7. The molecule has 0 aliphatic rings. The van der Waals surface area contributed by atoms with Crippen molar-refractivity contribution in [2.75, 3.05) is 54.1 Å². The number of phosphoric ester groups is 1. The molecule has 0 rings (SSSR count). The lowest BCUT2D eigenvalue weighted by Crippen LogP contribution is -2.37. The molecule has 1 N–H and O–H groups in total. The predicted molar refractivity (Wildman–Crippen MR) is 279 cm³/mol. The van der Waals surface area contributed by atoms with E-state index in [1.807, 2.05) is 21.1 Å². The molecule has 2 atom stereocenters. The van der Waals surface area contributed by atoms with E-state index in [2.05, 4.69) is 148 Å². The topological polar surface area (TPSA) is 91.3 Å². The van der Waals surface area contributed by atoms with Crippen molar-refractivity contribution in [2.45, 2.75) is 161 Å². The summed E-state index contributed by atoms with van der Waals surface area (Å²) >= 11 is 0. The van der Waals surface area contributed by atoms with Gasteiger partial charge < -0.3 is 18.9 Å². The van der Waals surface area contributed by atoms with Crippen LogP contribution >= 0.6 is 7.82 Å². The Morgan fingerprint density at radius 2 is 0.846 bits per heavy atom. The van der Waals surface area contributed by atoms with E-state index in [0.29, 0.717) is 24.1 Å². The molecule has 0 aliphatic heterocycles. The highest BCUT2D eigenvalue weighted by molar-refractivity contribution is 7.47. The van der Waals surface area contributed by atoms with E-state index >= 15 is 0 Å². The summed E-state index contributed by atoms with van der Waals surface area (Å²) in [5, 5.41) is 0. The summed E-state index contributed by atoms with van der Waals surface area (Å²) in [5.41, 5.74) is 0. The number of unbranched alkanes of at least 4 members (excludes halogenated alkanes) is 8. The van der Waals surface area contributed by atoms with Crippen molar-refractivity contribution in [3.8, 4) is 0 Å². The van der Waals surface area contributed by atoms with Crippen LogP contribution < -0.4 is 0 Å². The monoisotopic (exact) mass is 923 g/mol. The molecule has 0 aromatic heterocycles. The smallest absolute Gasteiger partial charge is 0.457 e. The third kappa shape index (κ3) is 51.5. The summed E-state index contributed by atoms with van der Waals surface area (Å²) < 4.78 is 35.0. The molecule has 368 valence electrons. The van der Waals surface area contributed by atoms with Crippen molar-refractivity contribution in [3.63, 3.8) is 0 Å². The van der Waals surface area contributed by atoms with Crippen LogP contribution in [0.4, 0.5) is 0 Å². The van der Waals surface area contributed by atoms with Gasteiger partial charge in [-0.1, -0.05) is 173 Å². The summed E-state index contributed by atoms with van der Waals surface area (Å²) in [6.45, 7) is 5.22. The molecule has 0 aromatic rings. The molecule has 0 radical (unpaired) electrons. The molecule has 0 spiro atoms. The fraction of sp³-hybridized carbons (Fsp3) is 0.589. The summed E-state index contributed by atoms with van der Waals surface area (Å²) in [7, 11) is 1.60. The highest BCUT2D eigenvalue weighted by atomic mass is 31.2. The van der Waals surface area contributed by atoms with Gasteiger partial charge in [-0.05, 0) is 109 Å². The largest absolute Gasteiger partial charge is 0.472 e. The molecule has 9 heteroatoms. The number of esters is 1. The van der Waals surface area contributed by atoms with Gasteiger partial charge in [0.1, 0.15) is 19.3 Å². The SMILES string of the molecule is CC/C=C\C/C=C\C/C=C\C/C=C\C/C=C\C/C=C\C/C=C\CCCCOCC(COP(=O)(O)OCC[N+](C)(C)C)OC(=O)CCCCCCCC/C=C\C/C=C\C/C=C\C/C=C\CC. The van der Waals surface area contributed by atoms with Crippen LogP contribution in [-0.4, -0.2) is 75.6 Å². The number of carbonyl (C=O) groups excluding carboxylic acids is 1. The summed E-state index contributed by atoms with van der Waals surface area (Å²) in [4.78, 5) is 23.0. The minimum atomic E-state index is -4.31. The zero-order valence-corrected chi connectivity index (χ0v) is 42.6. The van der Waals surface area contributed by atoms with Crippen molar-refractivity contribution in [1.82, 2.24) is 0 Å². The van der Waals surface area contributed by atoms with Gasteiger partial charge in [-0.3, -0.25) is 13.8 Å². The molecule has 2 unspecified atom stereocenters. The van der Waals surface area contributed by atoms with Gasteiger partial charge in [-0.2, -0.15) is 0 Å². The van der Waals surface area contributed by atoms with Crippen molar-refractivity contribution in [1.29, 1.82) is 0 Å². The lowest BCUT2D eigenvalue weighted by Gasteiger charge is -2.24. The minimum Gasteiger partial charge on any atom is -0.457 e. The Labute approximate surface area is 398 Å². The molecule has 0 aliphatic carbocycles. The fourth-order valence-electron chi connectivity index (χ4n) is 5.93. The Morgan fingerprint density at radius 3 is 1.26 bits per heavy atom. The Kier molecular flexibility index (Phi) is 44.7. The van der Waals surface area contributed by atoms with Crippen molar-refractivity contribution in [3.05, 3.63) is 134 Å². The Balaban J connectivity index is 4.33. The van der Waals surface area contributed by atoms with Crippen molar-refractivity contribution < 1.29 is 37.3 Å². The van der Waals surface area contributed by atoms with E-state index in [9.17, 15) is 14.3 Å². The average molecular weight is 923 g/mol. The van der Waals surface area contributed by atoms with Crippen LogP contribution in [0.3, 0.4) is 0 Å². The predicted octanol–water partition coefficient (Wildman–Crippen LogP) is 15.5. The number of allylic oxidation sites excluding steroid dienone is 22. The van der Waals surface area contributed by atoms with Crippen LogP contribution in [0.2, 0.25) is 0 Å². The van der Waals surface area contributed by atoms with Gasteiger partial charge in [0.25, 0.3) is 0 Å². The van der Waals surface area contributed by atoms with E-state index in [4.69, 9.17) is 18.5 Å². The molecule has 65 heavy (non-hydrogen) atoms. The number of rotatable bonds is 44. The van der Waals surface area contributed by atoms with Gasteiger partial charge in [-0.25, -0.2) is 4.57 Å². The van der Waals surface area contributed by atoms with Gasteiger partial charge in [0.05, 0.1) is 34.4 Å². The van der Waals surface area contributed by atoms with Crippen LogP contribution in [0.1, 0.15) is 155 Å². The number of nitrogens with zero attached hydrogens (tertiary/aromatic N) is 1. The molecule has 0 saturated carbocycles. The standard InChI is InChI=1S/C56H92NO7P/c1-6-8-10-12-14-16-18-20-22-24-26-27-28-29-30-32-34-36-38-40-42-44-46-48-51-61-53-55(54-63-65(59,60)62-52-50-57(3,4)5)64-56(58)49-47-45-43-41-39-37-35-33-31-25-23-21-19-17-15-13-11-9-7-2/h8-11,14-17,20-23,26-27,29-31,33-34,36,40,42,55H,6-7,12-13,18-19,24-25,28,32,35,37-39,41,43-54H2,1-5H3/p+1/b10-8-,11-9-,16-14-,17-15-,22-20-,23-21-,27-26-,30-29-,33-31-,36-34-,42-40-. The van der Waals surface area contributed by atoms with Crippen LogP contribution in [0.25, 0.3) is 0 Å². The van der Waals surface area contributed by atoms with Gasteiger partial charge in [-0.15, -0.1) is 0 Å². The summed E-state index contributed by atoms with van der Waals surface area (Å²) in [6.07, 6.45) is 69.3. The highest BCUT2D eigenvalue weighted by Crippen LogP contribution is 2.43. The molecule has 0 bridgehead atoms. The fourth-order valence-corrected chi connectivity index (χ4v) is 6.68. The third-order valence-electron chi connectivity index (χ3n) is 9.71. The number of ether oxygens (including phenoxy) is 2. The first-order valence-electron chi connectivity index (χ1n) is 24.9. The second kappa shape index (κ2) is 47.1. The van der Waals surface area contributed by atoms with E-state index in [1.54, 1.807) is 0 Å². The number of likely N-dealkylation sites (N-methyl/N-ethyl adjacent to an activating group) is 1. The molecule has 0 aromatic carbocycles. The summed E-state index contributed by atoms with van der Waals surface area (Å²) in [6, 6.07) is 0. The molecule has 0 saturated heterocycles. The van der Waals surface area contributed by atoms with Gasteiger partial charge in [0, 0.05) is 13.0 Å².